The van der Waals surface area contributed by atoms with Gasteiger partial charge >= 0.3 is 6.18 Å². The van der Waals surface area contributed by atoms with Gasteiger partial charge < -0.3 is 4.74 Å². The first-order chi connectivity index (χ1) is 16.4. The molecule has 5 rings (SSSR count). The molecule has 0 radical (unpaired) electrons. The van der Waals surface area contributed by atoms with E-state index in [9.17, 15) is 13.2 Å². The quantitative estimate of drug-likeness (QED) is 0.254. The maximum absolute atomic E-state index is 13.7. The van der Waals surface area contributed by atoms with Gasteiger partial charge in [-0.1, -0.05) is 66.2 Å². The Morgan fingerprint density at radius 1 is 0.794 bits per heavy atom. The lowest BCUT2D eigenvalue weighted by Gasteiger charge is -2.11. The van der Waals surface area contributed by atoms with Crippen LogP contribution in [-0.2, 0) is 12.7 Å². The van der Waals surface area contributed by atoms with Crippen LogP contribution in [0, 0.1) is 0 Å². The van der Waals surface area contributed by atoms with Gasteiger partial charge in [-0.2, -0.15) is 18.3 Å². The van der Waals surface area contributed by atoms with Gasteiger partial charge in [0, 0.05) is 10.9 Å². The topological polar surface area (TPSA) is 27.1 Å². The highest BCUT2D eigenvalue weighted by atomic mass is 35.5. The number of fused-ring (bicyclic) bond motifs is 1. The van der Waals surface area contributed by atoms with E-state index in [1.54, 1.807) is 35.0 Å². The molecule has 7 heteroatoms. The van der Waals surface area contributed by atoms with Gasteiger partial charge in [-0.25, -0.2) is 0 Å². The predicted molar refractivity (Wildman–Crippen MR) is 127 cm³/mol. The number of hydrogen-bond acceptors (Lipinski definition) is 2. The van der Waals surface area contributed by atoms with Crippen molar-refractivity contribution in [2.45, 2.75) is 12.7 Å². The summed E-state index contributed by atoms with van der Waals surface area (Å²) >= 11 is 6.17. The van der Waals surface area contributed by atoms with Gasteiger partial charge in [0.25, 0.3) is 0 Å². The summed E-state index contributed by atoms with van der Waals surface area (Å²) in [6, 6.07) is 27.9. The molecule has 0 spiro atoms. The van der Waals surface area contributed by atoms with Crippen molar-refractivity contribution in [3.8, 4) is 22.8 Å². The monoisotopic (exact) mass is 478 g/mol. The van der Waals surface area contributed by atoms with E-state index in [1.807, 2.05) is 54.6 Å². The number of alkyl halides is 3. The summed E-state index contributed by atoms with van der Waals surface area (Å²) in [4.78, 5) is 0. The maximum atomic E-state index is 13.7. The zero-order valence-electron chi connectivity index (χ0n) is 17.8. The van der Waals surface area contributed by atoms with E-state index in [0.717, 1.165) is 17.2 Å². The summed E-state index contributed by atoms with van der Waals surface area (Å²) in [6.07, 6.45) is -4.50. The number of benzene rings is 4. The van der Waals surface area contributed by atoms with Crippen LogP contribution in [0.5, 0.6) is 11.5 Å². The summed E-state index contributed by atoms with van der Waals surface area (Å²) in [7, 11) is 0. The van der Waals surface area contributed by atoms with E-state index in [4.69, 9.17) is 16.3 Å². The SMILES string of the molecule is FC(F)(F)c1cccc2c(-c3ccc(Oc4ccccc4Cl)cc3)n(Cc3ccccc3)nc12. The fourth-order valence-corrected chi connectivity index (χ4v) is 4.07. The average Bonchev–Trinajstić information content (AvgIpc) is 3.19. The number of nitrogens with zero attached hydrogens (tertiary/aromatic N) is 2. The van der Waals surface area contributed by atoms with E-state index < -0.39 is 11.7 Å². The van der Waals surface area contributed by atoms with E-state index in [1.165, 1.54) is 6.07 Å². The second kappa shape index (κ2) is 8.88. The molecule has 170 valence electrons. The van der Waals surface area contributed by atoms with Crippen LogP contribution in [0.3, 0.4) is 0 Å². The van der Waals surface area contributed by atoms with Crippen molar-refractivity contribution < 1.29 is 17.9 Å². The van der Waals surface area contributed by atoms with Crippen LogP contribution in [0.25, 0.3) is 22.2 Å². The standard InChI is InChI=1S/C27H18ClF3N2O/c28-23-11-4-5-12-24(23)34-20-15-13-19(14-16-20)26-21-9-6-10-22(27(29,30)31)25(21)32-33(26)17-18-7-2-1-3-8-18/h1-16H,17H2. The van der Waals surface area contributed by atoms with Gasteiger partial charge in [-0.05, 0) is 48.0 Å². The minimum Gasteiger partial charge on any atom is -0.456 e. The molecule has 1 aromatic heterocycles. The first-order valence-electron chi connectivity index (χ1n) is 10.5. The Balaban J connectivity index is 1.60. The molecule has 0 fully saturated rings. The lowest BCUT2D eigenvalue weighted by molar-refractivity contribution is -0.136. The van der Waals surface area contributed by atoms with E-state index in [-0.39, 0.29) is 5.52 Å². The van der Waals surface area contributed by atoms with Gasteiger partial charge in [0.05, 0.1) is 22.8 Å². The molecule has 0 aliphatic carbocycles. The summed E-state index contributed by atoms with van der Waals surface area (Å²) < 4.78 is 48.6. The van der Waals surface area contributed by atoms with Gasteiger partial charge in [0.1, 0.15) is 17.0 Å². The third kappa shape index (κ3) is 4.37. The lowest BCUT2D eigenvalue weighted by Crippen LogP contribution is -2.06. The predicted octanol–water partition coefficient (Wildman–Crippen LogP) is 8.22. The Morgan fingerprint density at radius 2 is 1.50 bits per heavy atom. The summed E-state index contributed by atoms with van der Waals surface area (Å²) in [5, 5.41) is 5.32. The van der Waals surface area contributed by atoms with Crippen LogP contribution in [-0.4, -0.2) is 9.78 Å². The molecule has 1 heterocycles. The molecule has 0 aliphatic rings. The number of aromatic nitrogens is 2. The van der Waals surface area contributed by atoms with Gasteiger partial charge in [-0.15, -0.1) is 0 Å². The average molecular weight is 479 g/mol. The molecule has 0 unspecified atom stereocenters. The molecule has 0 aliphatic heterocycles. The van der Waals surface area contributed by atoms with Crippen LogP contribution in [0.1, 0.15) is 11.1 Å². The maximum Gasteiger partial charge on any atom is 0.418 e. The molecule has 3 nitrogen and oxygen atoms in total. The number of ether oxygens (including phenoxy) is 1. The van der Waals surface area contributed by atoms with Crippen molar-refractivity contribution in [2.75, 3.05) is 0 Å². The summed E-state index contributed by atoms with van der Waals surface area (Å²) in [5.74, 6) is 1.08. The third-order valence-corrected chi connectivity index (χ3v) is 5.75. The van der Waals surface area contributed by atoms with Crippen LogP contribution in [0.2, 0.25) is 5.02 Å². The van der Waals surface area contributed by atoms with Crippen LogP contribution >= 0.6 is 11.6 Å². The van der Waals surface area contributed by atoms with Crippen molar-refractivity contribution in [1.29, 1.82) is 0 Å². The number of para-hydroxylation sites is 1. The highest BCUT2D eigenvalue weighted by Crippen LogP contribution is 2.39. The summed E-state index contributed by atoms with van der Waals surface area (Å²) in [6.45, 7) is 0.333. The van der Waals surface area contributed by atoms with Crippen molar-refractivity contribution in [1.82, 2.24) is 9.78 Å². The number of rotatable bonds is 5. The first-order valence-corrected chi connectivity index (χ1v) is 10.9. The zero-order chi connectivity index (χ0) is 23.7. The molecule has 0 saturated carbocycles. The largest absolute Gasteiger partial charge is 0.456 e. The molecule has 0 saturated heterocycles. The molecule has 5 aromatic rings. The smallest absolute Gasteiger partial charge is 0.418 e. The second-order valence-electron chi connectivity index (χ2n) is 7.75. The highest BCUT2D eigenvalue weighted by Gasteiger charge is 2.34. The zero-order valence-corrected chi connectivity index (χ0v) is 18.5. The molecule has 34 heavy (non-hydrogen) atoms. The van der Waals surface area contributed by atoms with E-state index in [0.29, 0.717) is 34.1 Å². The van der Waals surface area contributed by atoms with E-state index in [2.05, 4.69) is 5.10 Å². The van der Waals surface area contributed by atoms with Crippen molar-refractivity contribution >= 4 is 22.5 Å². The molecular weight excluding hydrogens is 461 g/mol. The van der Waals surface area contributed by atoms with Gasteiger partial charge in [0.15, 0.2) is 0 Å². The minimum absolute atomic E-state index is 0.0719. The molecule has 4 aromatic carbocycles. The Morgan fingerprint density at radius 3 is 2.21 bits per heavy atom. The molecule has 0 amide bonds. The molecular formula is C27H18ClF3N2O. The van der Waals surface area contributed by atoms with E-state index >= 15 is 0 Å². The minimum atomic E-state index is -4.50. The number of hydrogen-bond donors (Lipinski definition) is 0. The molecule has 0 bridgehead atoms. The van der Waals surface area contributed by atoms with Crippen molar-refractivity contribution in [2.24, 2.45) is 0 Å². The number of halogens is 4. The Labute approximate surface area is 199 Å². The molecule has 0 atom stereocenters. The first kappa shape index (κ1) is 22.0. The fourth-order valence-electron chi connectivity index (χ4n) is 3.89. The summed E-state index contributed by atoms with van der Waals surface area (Å²) in [5.41, 5.74) is 1.44. The Hall–Kier alpha value is -3.77. The van der Waals surface area contributed by atoms with Crippen LogP contribution in [0.15, 0.2) is 97.1 Å². The molecule has 0 N–H and O–H groups in total. The van der Waals surface area contributed by atoms with Crippen molar-refractivity contribution in [3.63, 3.8) is 0 Å². The fraction of sp³-hybridized carbons (Fsp3) is 0.0741. The Bertz CT molecular complexity index is 1450. The van der Waals surface area contributed by atoms with Crippen LogP contribution < -0.4 is 4.74 Å². The van der Waals surface area contributed by atoms with Crippen LogP contribution in [0.4, 0.5) is 13.2 Å². The van der Waals surface area contributed by atoms with Gasteiger partial charge in [-0.3, -0.25) is 4.68 Å². The normalized spacial score (nSPS) is 11.6. The third-order valence-electron chi connectivity index (χ3n) is 5.44. The van der Waals surface area contributed by atoms with Gasteiger partial charge in [0.2, 0.25) is 0 Å². The highest BCUT2D eigenvalue weighted by molar-refractivity contribution is 6.32. The lowest BCUT2D eigenvalue weighted by atomic mass is 10.0. The van der Waals surface area contributed by atoms with Crippen molar-refractivity contribution in [3.05, 3.63) is 113 Å². The second-order valence-corrected chi connectivity index (χ2v) is 8.16. The Kier molecular flexibility index (Phi) is 5.75.